The first-order valence-electron chi connectivity index (χ1n) is 6.86. The lowest BCUT2D eigenvalue weighted by molar-refractivity contribution is -0.384. The van der Waals surface area contributed by atoms with E-state index in [0.717, 1.165) is 29.5 Å². The smallest absolute Gasteiger partial charge is 0.269 e. The summed E-state index contributed by atoms with van der Waals surface area (Å²) < 4.78 is 12.8. The maximum atomic E-state index is 12.8. The highest BCUT2D eigenvalue weighted by Gasteiger charge is 2.23. The SMILES string of the molecule is O=[N+]([O-])c1ccc2c(c1)CC(NCc1ccc(F)cc1)C2. The van der Waals surface area contributed by atoms with Crippen LogP contribution in [0, 0.1) is 15.9 Å². The van der Waals surface area contributed by atoms with Crippen LogP contribution in [0.1, 0.15) is 16.7 Å². The Morgan fingerprint density at radius 2 is 1.86 bits per heavy atom. The molecular formula is C16H15FN2O2. The highest BCUT2D eigenvalue weighted by molar-refractivity contribution is 5.43. The van der Waals surface area contributed by atoms with Crippen molar-refractivity contribution in [3.63, 3.8) is 0 Å². The van der Waals surface area contributed by atoms with Crippen molar-refractivity contribution in [2.75, 3.05) is 0 Å². The van der Waals surface area contributed by atoms with E-state index < -0.39 is 0 Å². The number of non-ortho nitro benzene ring substituents is 1. The normalized spacial score (nSPS) is 16.7. The largest absolute Gasteiger partial charge is 0.309 e. The van der Waals surface area contributed by atoms with E-state index >= 15 is 0 Å². The number of halogens is 1. The van der Waals surface area contributed by atoms with E-state index in [1.54, 1.807) is 24.3 Å². The fourth-order valence-corrected chi connectivity index (χ4v) is 2.73. The van der Waals surface area contributed by atoms with Gasteiger partial charge >= 0.3 is 0 Å². The average Bonchev–Trinajstić information content (AvgIpc) is 2.88. The number of hydrogen-bond acceptors (Lipinski definition) is 3. The summed E-state index contributed by atoms with van der Waals surface area (Å²) in [4.78, 5) is 10.4. The summed E-state index contributed by atoms with van der Waals surface area (Å²) in [5.41, 5.74) is 3.38. The fourth-order valence-electron chi connectivity index (χ4n) is 2.73. The van der Waals surface area contributed by atoms with Gasteiger partial charge < -0.3 is 5.32 Å². The predicted molar refractivity (Wildman–Crippen MR) is 77.5 cm³/mol. The van der Waals surface area contributed by atoms with Crippen LogP contribution in [0.2, 0.25) is 0 Å². The summed E-state index contributed by atoms with van der Waals surface area (Å²) in [6, 6.07) is 11.7. The summed E-state index contributed by atoms with van der Waals surface area (Å²) in [6.45, 7) is 0.668. The second-order valence-electron chi connectivity index (χ2n) is 5.32. The molecule has 1 aliphatic rings. The minimum absolute atomic E-state index is 0.146. The third-order valence-electron chi connectivity index (χ3n) is 3.84. The van der Waals surface area contributed by atoms with Crippen LogP contribution in [0.5, 0.6) is 0 Å². The van der Waals surface area contributed by atoms with E-state index in [-0.39, 0.29) is 22.5 Å². The molecule has 21 heavy (non-hydrogen) atoms. The lowest BCUT2D eigenvalue weighted by Crippen LogP contribution is -2.28. The van der Waals surface area contributed by atoms with E-state index in [9.17, 15) is 14.5 Å². The topological polar surface area (TPSA) is 55.2 Å². The highest BCUT2D eigenvalue weighted by atomic mass is 19.1. The standard InChI is InChI=1S/C16H15FN2O2/c17-14-4-1-11(2-5-14)10-18-15-7-12-3-6-16(19(20)21)9-13(12)8-15/h1-6,9,15,18H,7-8,10H2. The van der Waals surface area contributed by atoms with Crippen molar-refractivity contribution in [3.05, 3.63) is 75.1 Å². The number of rotatable bonds is 4. The van der Waals surface area contributed by atoms with Crippen LogP contribution < -0.4 is 5.32 Å². The summed E-state index contributed by atoms with van der Waals surface area (Å²) in [5, 5.41) is 14.2. The number of nitrogens with zero attached hydrogens (tertiary/aromatic N) is 1. The monoisotopic (exact) mass is 286 g/mol. The van der Waals surface area contributed by atoms with Crippen molar-refractivity contribution < 1.29 is 9.31 Å². The Morgan fingerprint density at radius 3 is 2.57 bits per heavy atom. The van der Waals surface area contributed by atoms with Crippen molar-refractivity contribution in [2.45, 2.75) is 25.4 Å². The van der Waals surface area contributed by atoms with Gasteiger partial charge in [-0.25, -0.2) is 4.39 Å². The first-order valence-corrected chi connectivity index (χ1v) is 6.86. The molecule has 5 heteroatoms. The van der Waals surface area contributed by atoms with Gasteiger partial charge in [-0.2, -0.15) is 0 Å². The van der Waals surface area contributed by atoms with Gasteiger partial charge in [-0.1, -0.05) is 18.2 Å². The van der Waals surface area contributed by atoms with E-state index in [2.05, 4.69) is 5.32 Å². The Balaban J connectivity index is 1.62. The van der Waals surface area contributed by atoms with Gasteiger partial charge in [0.25, 0.3) is 5.69 Å². The van der Waals surface area contributed by atoms with Gasteiger partial charge in [-0.3, -0.25) is 10.1 Å². The molecule has 1 aliphatic carbocycles. The van der Waals surface area contributed by atoms with Crippen molar-refractivity contribution in [2.24, 2.45) is 0 Å². The molecule has 0 aliphatic heterocycles. The lowest BCUT2D eigenvalue weighted by atomic mass is 10.1. The third-order valence-corrected chi connectivity index (χ3v) is 3.84. The van der Waals surface area contributed by atoms with Crippen LogP contribution in [0.15, 0.2) is 42.5 Å². The molecule has 108 valence electrons. The second kappa shape index (κ2) is 5.61. The molecule has 1 unspecified atom stereocenters. The Bertz CT molecular complexity index is 670. The Morgan fingerprint density at radius 1 is 1.14 bits per heavy atom. The molecule has 0 fully saturated rings. The number of nitrogens with one attached hydrogen (secondary N) is 1. The van der Waals surface area contributed by atoms with Crippen LogP contribution in [0.25, 0.3) is 0 Å². The van der Waals surface area contributed by atoms with Gasteiger partial charge in [-0.15, -0.1) is 0 Å². The average molecular weight is 286 g/mol. The van der Waals surface area contributed by atoms with Gasteiger partial charge in [0.2, 0.25) is 0 Å². The fraction of sp³-hybridized carbons (Fsp3) is 0.250. The first-order chi connectivity index (χ1) is 10.1. The Labute approximate surface area is 121 Å². The van der Waals surface area contributed by atoms with Crippen LogP contribution in [0.3, 0.4) is 0 Å². The molecule has 3 rings (SSSR count). The minimum Gasteiger partial charge on any atom is -0.309 e. The molecule has 0 bridgehead atoms. The molecular weight excluding hydrogens is 271 g/mol. The quantitative estimate of drug-likeness (QED) is 0.694. The van der Waals surface area contributed by atoms with E-state index in [0.29, 0.717) is 6.54 Å². The molecule has 0 spiro atoms. The van der Waals surface area contributed by atoms with Crippen molar-refractivity contribution >= 4 is 5.69 Å². The number of nitro groups is 1. The zero-order valence-electron chi connectivity index (χ0n) is 11.4. The van der Waals surface area contributed by atoms with E-state index in [1.807, 2.05) is 6.07 Å². The van der Waals surface area contributed by atoms with Crippen molar-refractivity contribution in [1.29, 1.82) is 0 Å². The summed E-state index contributed by atoms with van der Waals surface area (Å²) >= 11 is 0. The number of nitro benzene ring substituents is 1. The van der Waals surface area contributed by atoms with Crippen LogP contribution >= 0.6 is 0 Å². The van der Waals surface area contributed by atoms with Gasteiger partial charge in [0.05, 0.1) is 4.92 Å². The second-order valence-corrected chi connectivity index (χ2v) is 5.32. The zero-order valence-corrected chi connectivity index (χ0v) is 11.4. The highest BCUT2D eigenvalue weighted by Crippen LogP contribution is 2.26. The molecule has 2 aromatic rings. The number of benzene rings is 2. The van der Waals surface area contributed by atoms with Crippen molar-refractivity contribution in [3.8, 4) is 0 Å². The molecule has 0 saturated heterocycles. The summed E-state index contributed by atoms with van der Waals surface area (Å²) in [5.74, 6) is -0.237. The molecule has 0 heterocycles. The van der Waals surface area contributed by atoms with Gasteiger partial charge in [-0.05, 0) is 41.7 Å². The molecule has 1 atom stereocenters. The molecule has 4 nitrogen and oxygen atoms in total. The zero-order chi connectivity index (χ0) is 14.8. The summed E-state index contributed by atoms with van der Waals surface area (Å²) in [7, 11) is 0. The number of fused-ring (bicyclic) bond motifs is 1. The maximum Gasteiger partial charge on any atom is 0.269 e. The Kier molecular flexibility index (Phi) is 3.66. The minimum atomic E-state index is -0.362. The Hall–Kier alpha value is -2.27. The molecule has 0 radical (unpaired) electrons. The molecule has 0 aromatic heterocycles. The van der Waals surface area contributed by atoms with Gasteiger partial charge in [0.1, 0.15) is 5.82 Å². The molecule has 0 saturated carbocycles. The van der Waals surface area contributed by atoms with E-state index in [1.165, 1.54) is 12.1 Å². The maximum absolute atomic E-state index is 12.8. The third kappa shape index (κ3) is 3.08. The summed E-state index contributed by atoms with van der Waals surface area (Å²) in [6.07, 6.45) is 1.66. The van der Waals surface area contributed by atoms with Gasteiger partial charge in [0, 0.05) is 24.7 Å². The van der Waals surface area contributed by atoms with E-state index in [4.69, 9.17) is 0 Å². The first kappa shape index (κ1) is 13.7. The van der Waals surface area contributed by atoms with Crippen LogP contribution in [0.4, 0.5) is 10.1 Å². The van der Waals surface area contributed by atoms with Gasteiger partial charge in [0.15, 0.2) is 0 Å². The van der Waals surface area contributed by atoms with Crippen LogP contribution in [-0.4, -0.2) is 11.0 Å². The van der Waals surface area contributed by atoms with Crippen LogP contribution in [-0.2, 0) is 19.4 Å². The molecule has 0 amide bonds. The number of hydrogen-bond donors (Lipinski definition) is 1. The predicted octanol–water partition coefficient (Wildman–Crippen LogP) is 2.99. The molecule has 1 N–H and O–H groups in total. The lowest BCUT2D eigenvalue weighted by Gasteiger charge is -2.11. The van der Waals surface area contributed by atoms with Crippen molar-refractivity contribution in [1.82, 2.24) is 5.32 Å². The molecule has 2 aromatic carbocycles.